The fourth-order valence-electron chi connectivity index (χ4n) is 3.84. The first kappa shape index (κ1) is 22.6. The van der Waals surface area contributed by atoms with Crippen LogP contribution >= 0.6 is 0 Å². The zero-order valence-corrected chi connectivity index (χ0v) is 18.2. The van der Waals surface area contributed by atoms with Crippen LogP contribution in [0.3, 0.4) is 0 Å². The van der Waals surface area contributed by atoms with E-state index in [2.05, 4.69) is 15.5 Å². The highest BCUT2D eigenvalue weighted by Crippen LogP contribution is 2.31. The predicted octanol–water partition coefficient (Wildman–Crippen LogP) is 3.85. The maximum atomic E-state index is 12.3. The minimum Gasteiger partial charge on any atom is -0.495 e. The molecule has 1 fully saturated rings. The van der Waals surface area contributed by atoms with Gasteiger partial charge in [-0.2, -0.15) is 0 Å². The van der Waals surface area contributed by atoms with Gasteiger partial charge in [0.2, 0.25) is 5.91 Å². The van der Waals surface area contributed by atoms with Gasteiger partial charge in [0.05, 0.1) is 12.8 Å². The summed E-state index contributed by atoms with van der Waals surface area (Å²) in [5, 5.41) is 5.76. The Bertz CT molecular complexity index is 894. The highest BCUT2D eigenvalue weighted by atomic mass is 16.5. The van der Waals surface area contributed by atoms with Gasteiger partial charge in [0.15, 0.2) is 0 Å². The van der Waals surface area contributed by atoms with Crippen molar-refractivity contribution in [3.63, 3.8) is 0 Å². The Kier molecular flexibility index (Phi) is 8.29. The number of nitrogens with two attached hydrogens (primary N) is 1. The van der Waals surface area contributed by atoms with Crippen LogP contribution in [0.15, 0.2) is 42.5 Å². The number of primary amides is 1. The molecular weight excluding hydrogens is 392 g/mol. The number of hydrogen-bond donors (Lipinski definition) is 3. The minimum atomic E-state index is -0.472. The summed E-state index contributed by atoms with van der Waals surface area (Å²) in [7, 11) is 1.56. The van der Waals surface area contributed by atoms with Crippen LogP contribution in [0.1, 0.15) is 42.5 Å². The summed E-state index contributed by atoms with van der Waals surface area (Å²) in [4.78, 5) is 26.2. The van der Waals surface area contributed by atoms with Crippen molar-refractivity contribution in [1.29, 1.82) is 0 Å². The van der Waals surface area contributed by atoms with Crippen molar-refractivity contribution in [2.45, 2.75) is 32.1 Å². The van der Waals surface area contributed by atoms with Crippen molar-refractivity contribution in [2.75, 3.05) is 38.6 Å². The van der Waals surface area contributed by atoms with Crippen molar-refractivity contribution in [1.82, 2.24) is 10.2 Å². The number of carbonyl (C=O) groups excluding carboxylic acids is 2. The Morgan fingerprint density at radius 2 is 1.81 bits per heavy atom. The van der Waals surface area contributed by atoms with Gasteiger partial charge in [-0.15, -0.1) is 0 Å². The Hall–Kier alpha value is -3.06. The molecule has 1 aliphatic rings. The fourth-order valence-corrected chi connectivity index (χ4v) is 3.84. The number of carbonyl (C=O) groups is 2. The van der Waals surface area contributed by atoms with Gasteiger partial charge in [-0.1, -0.05) is 24.6 Å². The Morgan fingerprint density at radius 3 is 2.55 bits per heavy atom. The lowest BCUT2D eigenvalue weighted by Gasteiger charge is -2.26. The van der Waals surface area contributed by atoms with Gasteiger partial charge in [-0.25, -0.2) is 4.79 Å². The summed E-state index contributed by atoms with van der Waals surface area (Å²) in [5.41, 5.74) is 8.11. The van der Waals surface area contributed by atoms with E-state index in [1.165, 1.54) is 32.4 Å². The van der Waals surface area contributed by atoms with Gasteiger partial charge in [-0.3, -0.25) is 4.79 Å². The van der Waals surface area contributed by atoms with Crippen molar-refractivity contribution < 1.29 is 14.3 Å². The monoisotopic (exact) mass is 424 g/mol. The third kappa shape index (κ3) is 6.72. The molecule has 7 nitrogen and oxygen atoms in total. The average Bonchev–Trinajstić information content (AvgIpc) is 2.80. The summed E-state index contributed by atoms with van der Waals surface area (Å²) < 4.78 is 5.46. The maximum absolute atomic E-state index is 12.3. The lowest BCUT2D eigenvalue weighted by Crippen LogP contribution is -2.32. The SMILES string of the molecule is COc1cc(-c2cccc(C(N)=O)c2)ccc1NC(=O)NCCCCN1CCCCC1. The van der Waals surface area contributed by atoms with E-state index in [-0.39, 0.29) is 6.03 Å². The highest BCUT2D eigenvalue weighted by Gasteiger charge is 2.11. The molecule has 0 unspecified atom stereocenters. The lowest BCUT2D eigenvalue weighted by atomic mass is 10.0. The molecule has 0 saturated carbocycles. The van der Waals surface area contributed by atoms with E-state index in [9.17, 15) is 9.59 Å². The molecule has 0 atom stereocenters. The van der Waals surface area contributed by atoms with Crippen molar-refractivity contribution in [3.8, 4) is 16.9 Å². The highest BCUT2D eigenvalue weighted by molar-refractivity contribution is 5.94. The standard InChI is InChI=1S/C24H32N4O3/c1-31-22-17-19(18-8-7-9-20(16-18)23(25)29)10-11-21(22)27-24(30)26-12-3-6-15-28-13-4-2-5-14-28/h7-11,16-17H,2-6,12-15H2,1H3,(H2,25,29)(H2,26,27,30). The zero-order valence-electron chi connectivity index (χ0n) is 18.2. The molecule has 1 aliphatic heterocycles. The van der Waals surface area contributed by atoms with Crippen molar-refractivity contribution in [2.24, 2.45) is 5.73 Å². The molecule has 2 aromatic rings. The van der Waals surface area contributed by atoms with E-state index < -0.39 is 5.91 Å². The average molecular weight is 425 g/mol. The van der Waals surface area contributed by atoms with Gasteiger partial charge >= 0.3 is 6.03 Å². The Morgan fingerprint density at radius 1 is 1.03 bits per heavy atom. The van der Waals surface area contributed by atoms with Crippen LogP contribution in [-0.4, -0.2) is 50.1 Å². The van der Waals surface area contributed by atoms with E-state index in [1.807, 2.05) is 18.2 Å². The number of hydrogen-bond acceptors (Lipinski definition) is 4. The molecule has 7 heteroatoms. The fraction of sp³-hybridized carbons (Fsp3) is 0.417. The second kappa shape index (κ2) is 11.4. The number of anilines is 1. The first-order valence-electron chi connectivity index (χ1n) is 10.9. The molecule has 0 radical (unpaired) electrons. The number of methoxy groups -OCH3 is 1. The van der Waals surface area contributed by atoms with Gasteiger partial charge < -0.3 is 26.0 Å². The molecule has 0 aromatic heterocycles. The van der Waals surface area contributed by atoms with Gasteiger partial charge in [0.25, 0.3) is 0 Å². The third-order valence-electron chi connectivity index (χ3n) is 5.57. The second-order valence-corrected chi connectivity index (χ2v) is 7.85. The number of rotatable bonds is 9. The summed E-state index contributed by atoms with van der Waals surface area (Å²) in [6, 6.07) is 12.3. The quantitative estimate of drug-likeness (QED) is 0.533. The van der Waals surface area contributed by atoms with Crippen LogP contribution in [0.5, 0.6) is 5.75 Å². The number of likely N-dealkylation sites (tertiary alicyclic amines) is 1. The summed E-state index contributed by atoms with van der Waals surface area (Å²) >= 11 is 0. The molecule has 0 spiro atoms. The number of ether oxygens (including phenoxy) is 1. The Labute approximate surface area is 183 Å². The lowest BCUT2D eigenvalue weighted by molar-refractivity contribution is 0.100. The number of nitrogens with zero attached hydrogens (tertiary/aromatic N) is 1. The number of unbranched alkanes of at least 4 members (excludes halogenated alkanes) is 1. The minimum absolute atomic E-state index is 0.250. The van der Waals surface area contributed by atoms with E-state index in [0.29, 0.717) is 23.5 Å². The van der Waals surface area contributed by atoms with E-state index in [1.54, 1.807) is 31.4 Å². The molecule has 0 bridgehead atoms. The largest absolute Gasteiger partial charge is 0.495 e. The molecule has 2 aromatic carbocycles. The van der Waals surface area contributed by atoms with Crippen LogP contribution in [0, 0.1) is 0 Å². The van der Waals surface area contributed by atoms with E-state index in [4.69, 9.17) is 10.5 Å². The number of nitrogens with one attached hydrogen (secondary N) is 2. The number of amides is 3. The molecule has 4 N–H and O–H groups in total. The van der Waals surface area contributed by atoms with Crippen LogP contribution in [0.2, 0.25) is 0 Å². The van der Waals surface area contributed by atoms with Crippen LogP contribution in [0.4, 0.5) is 10.5 Å². The van der Waals surface area contributed by atoms with Crippen molar-refractivity contribution >= 4 is 17.6 Å². The Balaban J connectivity index is 1.51. The smallest absolute Gasteiger partial charge is 0.319 e. The molecule has 1 heterocycles. The van der Waals surface area contributed by atoms with Crippen LogP contribution in [-0.2, 0) is 0 Å². The van der Waals surface area contributed by atoms with Crippen molar-refractivity contribution in [3.05, 3.63) is 48.0 Å². The molecule has 3 rings (SSSR count). The third-order valence-corrected chi connectivity index (χ3v) is 5.57. The van der Waals surface area contributed by atoms with Gasteiger partial charge in [0, 0.05) is 12.1 Å². The predicted molar refractivity (Wildman–Crippen MR) is 123 cm³/mol. The maximum Gasteiger partial charge on any atom is 0.319 e. The molecular formula is C24H32N4O3. The van der Waals surface area contributed by atoms with E-state index >= 15 is 0 Å². The van der Waals surface area contributed by atoms with E-state index in [0.717, 1.165) is 30.5 Å². The summed E-state index contributed by atoms with van der Waals surface area (Å²) in [6.07, 6.45) is 6.00. The topological polar surface area (TPSA) is 96.7 Å². The first-order chi connectivity index (χ1) is 15.1. The number of urea groups is 1. The van der Waals surface area contributed by atoms with Crippen LogP contribution in [0.25, 0.3) is 11.1 Å². The number of piperidine rings is 1. The molecule has 0 aliphatic carbocycles. The van der Waals surface area contributed by atoms with Gasteiger partial charge in [-0.05, 0) is 80.7 Å². The molecule has 166 valence electrons. The van der Waals surface area contributed by atoms with Gasteiger partial charge in [0.1, 0.15) is 5.75 Å². The molecule has 31 heavy (non-hydrogen) atoms. The number of benzene rings is 2. The first-order valence-corrected chi connectivity index (χ1v) is 10.9. The molecule has 1 saturated heterocycles. The molecule has 3 amide bonds. The zero-order chi connectivity index (χ0) is 22.1. The second-order valence-electron chi connectivity index (χ2n) is 7.85. The normalized spacial score (nSPS) is 14.1. The summed E-state index contributed by atoms with van der Waals surface area (Å²) in [5.74, 6) is 0.0712. The van der Waals surface area contributed by atoms with Crippen LogP contribution < -0.4 is 21.1 Å². The summed E-state index contributed by atoms with van der Waals surface area (Å²) in [6.45, 7) is 4.16.